The zero-order valence-electron chi connectivity index (χ0n) is 12.3. The van der Waals surface area contributed by atoms with Crippen LogP contribution in [0.2, 0.25) is 0 Å². The maximum Gasteiger partial charge on any atom is 0.320 e. The number of amides is 2. The fourth-order valence-corrected chi connectivity index (χ4v) is 3.62. The standard InChI is InChI=1S/C15H22N4O2/c1-19-14(8-11(18-19)9-3-2-4-9)17-15(20)16-12-7-10-5-6-13(12)21-10/h8-10,12-13H,2-7H2,1H3,(H2,16,17,20)/t10-,12-,13-/m1/s1. The summed E-state index contributed by atoms with van der Waals surface area (Å²) in [6.07, 6.45) is 7.41. The van der Waals surface area contributed by atoms with Crippen LogP contribution in [0.4, 0.5) is 10.6 Å². The molecule has 2 N–H and O–H groups in total. The average molecular weight is 290 g/mol. The second-order valence-electron chi connectivity index (χ2n) is 6.52. The molecule has 6 heteroatoms. The second kappa shape index (κ2) is 5.02. The summed E-state index contributed by atoms with van der Waals surface area (Å²) in [6, 6.07) is 2.00. The van der Waals surface area contributed by atoms with Gasteiger partial charge in [0.1, 0.15) is 5.82 Å². The number of urea groups is 1. The van der Waals surface area contributed by atoms with E-state index in [4.69, 9.17) is 4.74 Å². The van der Waals surface area contributed by atoms with Crippen LogP contribution in [-0.4, -0.2) is 34.1 Å². The topological polar surface area (TPSA) is 68.2 Å². The summed E-state index contributed by atoms with van der Waals surface area (Å²) in [4.78, 5) is 12.1. The van der Waals surface area contributed by atoms with E-state index in [1.54, 1.807) is 4.68 Å². The quantitative estimate of drug-likeness (QED) is 0.896. The van der Waals surface area contributed by atoms with E-state index in [0.717, 1.165) is 30.8 Å². The molecule has 0 aromatic carbocycles. The average Bonchev–Trinajstić information content (AvgIpc) is 3.04. The van der Waals surface area contributed by atoms with Crippen LogP contribution in [0.1, 0.15) is 50.1 Å². The molecule has 3 aliphatic rings. The Morgan fingerprint density at radius 2 is 2.24 bits per heavy atom. The van der Waals surface area contributed by atoms with Crippen LogP contribution in [-0.2, 0) is 11.8 Å². The van der Waals surface area contributed by atoms with E-state index in [2.05, 4.69) is 15.7 Å². The molecule has 114 valence electrons. The number of aryl methyl sites for hydroxylation is 1. The van der Waals surface area contributed by atoms with Gasteiger partial charge >= 0.3 is 6.03 Å². The number of rotatable bonds is 3. The lowest BCUT2D eigenvalue weighted by molar-refractivity contribution is 0.0984. The number of hydrogen-bond donors (Lipinski definition) is 2. The van der Waals surface area contributed by atoms with Gasteiger partial charge in [0, 0.05) is 19.0 Å². The van der Waals surface area contributed by atoms with Gasteiger partial charge in [-0.1, -0.05) is 6.42 Å². The minimum absolute atomic E-state index is 0.153. The van der Waals surface area contributed by atoms with E-state index in [1.807, 2.05) is 13.1 Å². The molecule has 0 radical (unpaired) electrons. The van der Waals surface area contributed by atoms with E-state index in [-0.39, 0.29) is 18.2 Å². The number of nitrogens with zero attached hydrogens (tertiary/aromatic N) is 2. The van der Waals surface area contributed by atoms with Gasteiger partial charge in [-0.15, -0.1) is 0 Å². The Balaban J connectivity index is 1.36. The Labute approximate surface area is 124 Å². The van der Waals surface area contributed by atoms with Crippen LogP contribution in [0.3, 0.4) is 0 Å². The zero-order chi connectivity index (χ0) is 14.4. The van der Waals surface area contributed by atoms with Gasteiger partial charge < -0.3 is 10.1 Å². The van der Waals surface area contributed by atoms with Gasteiger partial charge in [0.05, 0.1) is 23.9 Å². The van der Waals surface area contributed by atoms with Crippen LogP contribution in [0.5, 0.6) is 0 Å². The first kappa shape index (κ1) is 13.1. The number of anilines is 1. The van der Waals surface area contributed by atoms with Crippen LogP contribution in [0.25, 0.3) is 0 Å². The fourth-order valence-electron chi connectivity index (χ4n) is 3.62. The van der Waals surface area contributed by atoms with Gasteiger partial charge in [0.25, 0.3) is 0 Å². The maximum absolute atomic E-state index is 12.1. The van der Waals surface area contributed by atoms with Gasteiger partial charge in [-0.3, -0.25) is 10.00 Å². The summed E-state index contributed by atoms with van der Waals surface area (Å²) in [7, 11) is 1.87. The Morgan fingerprint density at radius 3 is 2.86 bits per heavy atom. The third-order valence-electron chi connectivity index (χ3n) is 5.09. The minimum Gasteiger partial charge on any atom is -0.373 e. The van der Waals surface area contributed by atoms with Gasteiger partial charge in [0.2, 0.25) is 0 Å². The predicted molar refractivity (Wildman–Crippen MR) is 78.3 cm³/mol. The lowest BCUT2D eigenvalue weighted by Crippen LogP contribution is -2.43. The molecular weight excluding hydrogens is 268 g/mol. The van der Waals surface area contributed by atoms with Crippen LogP contribution in [0.15, 0.2) is 6.07 Å². The monoisotopic (exact) mass is 290 g/mol. The number of hydrogen-bond acceptors (Lipinski definition) is 3. The number of carbonyl (C=O) groups is 1. The van der Waals surface area contributed by atoms with Gasteiger partial charge in [-0.2, -0.15) is 5.10 Å². The Bertz CT molecular complexity index is 552. The molecule has 6 nitrogen and oxygen atoms in total. The van der Waals surface area contributed by atoms with Crippen LogP contribution in [0, 0.1) is 0 Å². The van der Waals surface area contributed by atoms with Crippen molar-refractivity contribution >= 4 is 11.8 Å². The van der Waals surface area contributed by atoms with E-state index in [0.29, 0.717) is 12.0 Å². The van der Waals surface area contributed by atoms with E-state index >= 15 is 0 Å². The predicted octanol–water partition coefficient (Wildman–Crippen LogP) is 2.13. The molecule has 0 unspecified atom stereocenters. The van der Waals surface area contributed by atoms with Crippen molar-refractivity contribution in [2.75, 3.05) is 5.32 Å². The molecule has 1 aliphatic carbocycles. The van der Waals surface area contributed by atoms with Crippen molar-refractivity contribution in [3.05, 3.63) is 11.8 Å². The molecule has 3 atom stereocenters. The van der Waals surface area contributed by atoms with Crippen molar-refractivity contribution < 1.29 is 9.53 Å². The third-order valence-corrected chi connectivity index (χ3v) is 5.09. The van der Waals surface area contributed by atoms with Crippen molar-refractivity contribution in [3.63, 3.8) is 0 Å². The highest BCUT2D eigenvalue weighted by molar-refractivity contribution is 5.88. The minimum atomic E-state index is -0.153. The van der Waals surface area contributed by atoms with Crippen molar-refractivity contribution in [2.45, 2.75) is 62.7 Å². The third kappa shape index (κ3) is 2.41. The van der Waals surface area contributed by atoms with E-state index in [9.17, 15) is 4.79 Å². The highest BCUT2D eigenvalue weighted by atomic mass is 16.5. The summed E-state index contributed by atoms with van der Waals surface area (Å²) in [5.41, 5.74) is 1.10. The fraction of sp³-hybridized carbons (Fsp3) is 0.733. The number of aromatic nitrogens is 2. The summed E-state index contributed by atoms with van der Waals surface area (Å²) >= 11 is 0. The smallest absolute Gasteiger partial charge is 0.320 e. The van der Waals surface area contributed by atoms with E-state index < -0.39 is 0 Å². The number of carbonyl (C=O) groups excluding carboxylic acids is 1. The Hall–Kier alpha value is -1.56. The van der Waals surface area contributed by atoms with Gasteiger partial charge in [-0.25, -0.2) is 4.79 Å². The molecule has 1 aromatic heterocycles. The lowest BCUT2D eigenvalue weighted by atomic mass is 9.83. The second-order valence-corrected chi connectivity index (χ2v) is 6.52. The first-order valence-corrected chi connectivity index (χ1v) is 7.96. The first-order chi connectivity index (χ1) is 10.2. The largest absolute Gasteiger partial charge is 0.373 e. The number of nitrogens with one attached hydrogen (secondary N) is 2. The van der Waals surface area contributed by atoms with Crippen molar-refractivity contribution in [3.8, 4) is 0 Å². The molecule has 2 saturated heterocycles. The first-order valence-electron chi connectivity index (χ1n) is 7.96. The lowest BCUT2D eigenvalue weighted by Gasteiger charge is -2.22. The Morgan fingerprint density at radius 1 is 1.38 bits per heavy atom. The highest BCUT2D eigenvalue weighted by Gasteiger charge is 2.41. The van der Waals surface area contributed by atoms with Gasteiger partial charge in [-0.05, 0) is 32.1 Å². The molecule has 0 spiro atoms. The molecule has 1 aromatic rings. The molecule has 2 aliphatic heterocycles. The number of ether oxygens (including phenoxy) is 1. The molecule has 3 heterocycles. The molecule has 3 fully saturated rings. The van der Waals surface area contributed by atoms with Crippen molar-refractivity contribution in [1.29, 1.82) is 0 Å². The van der Waals surface area contributed by atoms with Crippen molar-refractivity contribution in [2.24, 2.45) is 7.05 Å². The molecule has 21 heavy (non-hydrogen) atoms. The number of fused-ring (bicyclic) bond motifs is 2. The summed E-state index contributed by atoms with van der Waals surface area (Å²) in [6.45, 7) is 0. The maximum atomic E-state index is 12.1. The molecule has 2 bridgehead atoms. The highest BCUT2D eigenvalue weighted by Crippen LogP contribution is 2.36. The summed E-state index contributed by atoms with van der Waals surface area (Å²) < 4.78 is 7.51. The molecule has 2 amide bonds. The normalized spacial score (nSPS) is 31.2. The van der Waals surface area contributed by atoms with Crippen LogP contribution >= 0.6 is 0 Å². The summed E-state index contributed by atoms with van der Waals surface area (Å²) in [5, 5.41) is 10.5. The molecule has 1 saturated carbocycles. The summed E-state index contributed by atoms with van der Waals surface area (Å²) in [5.74, 6) is 1.34. The Kier molecular flexibility index (Phi) is 3.14. The SMILES string of the molecule is Cn1nc(C2CCC2)cc1NC(=O)N[C@@H]1C[C@H]2CC[C@H]1O2. The van der Waals surface area contributed by atoms with Gasteiger partial charge in [0.15, 0.2) is 0 Å². The van der Waals surface area contributed by atoms with Crippen LogP contribution < -0.4 is 10.6 Å². The molecular formula is C15H22N4O2. The van der Waals surface area contributed by atoms with Crippen molar-refractivity contribution in [1.82, 2.24) is 15.1 Å². The zero-order valence-corrected chi connectivity index (χ0v) is 12.3. The molecule has 4 rings (SSSR count). The van der Waals surface area contributed by atoms with E-state index in [1.165, 1.54) is 19.3 Å².